The fourth-order valence-corrected chi connectivity index (χ4v) is 1.67. The zero-order valence-corrected chi connectivity index (χ0v) is 8.90. The highest BCUT2D eigenvalue weighted by Gasteiger charge is 2.22. The van der Waals surface area contributed by atoms with Gasteiger partial charge in [0.05, 0.1) is 12.7 Å². The standard InChI is InChI=1S/C10H19NO3/c1-8(2)11-5-6-14-9(7-11)3-4-10(12)13/h8-9H,3-7H2,1-2H3,(H,12,13)/t9-/m1/s1. The lowest BCUT2D eigenvalue weighted by Crippen LogP contribution is -2.45. The molecule has 0 spiro atoms. The molecular formula is C10H19NO3. The summed E-state index contributed by atoms with van der Waals surface area (Å²) in [7, 11) is 0. The maximum Gasteiger partial charge on any atom is 0.303 e. The molecule has 82 valence electrons. The Hall–Kier alpha value is -0.610. The van der Waals surface area contributed by atoms with Crippen LogP contribution >= 0.6 is 0 Å². The van der Waals surface area contributed by atoms with Gasteiger partial charge in [-0.2, -0.15) is 0 Å². The van der Waals surface area contributed by atoms with Crippen molar-refractivity contribution in [3.05, 3.63) is 0 Å². The Bertz CT molecular complexity index is 194. The van der Waals surface area contributed by atoms with Crippen LogP contribution in [0, 0.1) is 0 Å². The molecule has 1 rings (SSSR count). The van der Waals surface area contributed by atoms with E-state index in [4.69, 9.17) is 9.84 Å². The van der Waals surface area contributed by atoms with Crippen LogP contribution in [-0.4, -0.2) is 47.8 Å². The molecule has 0 aromatic rings. The highest BCUT2D eigenvalue weighted by atomic mass is 16.5. The molecule has 14 heavy (non-hydrogen) atoms. The van der Waals surface area contributed by atoms with Gasteiger partial charge in [-0.05, 0) is 20.3 Å². The summed E-state index contributed by atoms with van der Waals surface area (Å²) in [6, 6.07) is 0.520. The van der Waals surface area contributed by atoms with Crippen molar-refractivity contribution in [2.24, 2.45) is 0 Å². The van der Waals surface area contributed by atoms with Crippen LogP contribution in [0.1, 0.15) is 26.7 Å². The van der Waals surface area contributed by atoms with Gasteiger partial charge in [-0.1, -0.05) is 0 Å². The van der Waals surface area contributed by atoms with E-state index in [1.165, 1.54) is 0 Å². The van der Waals surface area contributed by atoms with Crippen LogP contribution in [0.4, 0.5) is 0 Å². The number of hydrogen-bond acceptors (Lipinski definition) is 3. The molecule has 1 fully saturated rings. The maximum atomic E-state index is 10.4. The van der Waals surface area contributed by atoms with Crippen molar-refractivity contribution in [3.63, 3.8) is 0 Å². The molecule has 1 aliphatic rings. The molecule has 4 nitrogen and oxygen atoms in total. The largest absolute Gasteiger partial charge is 0.481 e. The molecule has 1 aliphatic heterocycles. The second kappa shape index (κ2) is 5.32. The highest BCUT2D eigenvalue weighted by molar-refractivity contribution is 5.66. The maximum absolute atomic E-state index is 10.4. The number of rotatable bonds is 4. The number of hydrogen-bond donors (Lipinski definition) is 1. The van der Waals surface area contributed by atoms with Gasteiger partial charge in [0.25, 0.3) is 0 Å². The van der Waals surface area contributed by atoms with Gasteiger partial charge in [0.15, 0.2) is 0 Å². The van der Waals surface area contributed by atoms with Gasteiger partial charge in [0.2, 0.25) is 0 Å². The summed E-state index contributed by atoms with van der Waals surface area (Å²) in [6.07, 6.45) is 0.928. The van der Waals surface area contributed by atoms with Crippen molar-refractivity contribution >= 4 is 5.97 Å². The van der Waals surface area contributed by atoms with Crippen LogP contribution in [0.2, 0.25) is 0 Å². The Morgan fingerprint density at radius 2 is 2.36 bits per heavy atom. The third-order valence-electron chi connectivity index (χ3n) is 2.58. The summed E-state index contributed by atoms with van der Waals surface area (Å²) < 4.78 is 5.50. The highest BCUT2D eigenvalue weighted by Crippen LogP contribution is 2.12. The zero-order chi connectivity index (χ0) is 10.6. The SMILES string of the molecule is CC(C)N1CCO[C@H](CCC(=O)O)C1. The van der Waals surface area contributed by atoms with Gasteiger partial charge in [-0.25, -0.2) is 0 Å². The van der Waals surface area contributed by atoms with Crippen LogP contribution in [-0.2, 0) is 9.53 Å². The van der Waals surface area contributed by atoms with Gasteiger partial charge in [0, 0.05) is 25.6 Å². The van der Waals surface area contributed by atoms with Crippen LogP contribution in [0.25, 0.3) is 0 Å². The van der Waals surface area contributed by atoms with E-state index in [1.54, 1.807) is 0 Å². The first kappa shape index (κ1) is 11.5. The lowest BCUT2D eigenvalue weighted by molar-refractivity contribution is -0.138. The summed E-state index contributed by atoms with van der Waals surface area (Å²) in [5, 5.41) is 8.55. The minimum atomic E-state index is -0.740. The Morgan fingerprint density at radius 1 is 1.64 bits per heavy atom. The molecule has 4 heteroatoms. The summed E-state index contributed by atoms with van der Waals surface area (Å²) in [6.45, 7) is 6.85. The Balaban J connectivity index is 2.29. The first-order chi connectivity index (χ1) is 6.59. The van der Waals surface area contributed by atoms with Gasteiger partial charge >= 0.3 is 5.97 Å². The number of nitrogens with zero attached hydrogens (tertiary/aromatic N) is 1. The molecule has 0 aromatic heterocycles. The molecule has 1 saturated heterocycles. The average Bonchev–Trinajstić information content (AvgIpc) is 2.15. The quantitative estimate of drug-likeness (QED) is 0.736. The fraction of sp³-hybridized carbons (Fsp3) is 0.900. The predicted molar refractivity (Wildman–Crippen MR) is 53.3 cm³/mol. The molecule has 0 bridgehead atoms. The predicted octanol–water partition coefficient (Wildman–Crippen LogP) is 0.960. The molecule has 0 unspecified atom stereocenters. The van der Waals surface area contributed by atoms with Crippen LogP contribution in [0.15, 0.2) is 0 Å². The summed E-state index contributed by atoms with van der Waals surface area (Å²) in [5.74, 6) is -0.740. The Morgan fingerprint density at radius 3 is 2.93 bits per heavy atom. The lowest BCUT2D eigenvalue weighted by atomic mass is 10.1. The minimum Gasteiger partial charge on any atom is -0.481 e. The first-order valence-electron chi connectivity index (χ1n) is 5.17. The first-order valence-corrected chi connectivity index (χ1v) is 5.17. The average molecular weight is 201 g/mol. The van der Waals surface area contributed by atoms with Crippen LogP contribution < -0.4 is 0 Å². The van der Waals surface area contributed by atoms with Crippen molar-refractivity contribution in [2.75, 3.05) is 19.7 Å². The summed E-state index contributed by atoms with van der Waals surface area (Å²) >= 11 is 0. The van der Waals surface area contributed by atoms with Crippen molar-refractivity contribution < 1.29 is 14.6 Å². The van der Waals surface area contributed by atoms with E-state index in [0.717, 1.165) is 19.7 Å². The zero-order valence-electron chi connectivity index (χ0n) is 8.90. The fourth-order valence-electron chi connectivity index (χ4n) is 1.67. The van der Waals surface area contributed by atoms with E-state index in [2.05, 4.69) is 18.7 Å². The van der Waals surface area contributed by atoms with Gasteiger partial charge in [-0.3, -0.25) is 9.69 Å². The molecule has 0 amide bonds. The monoisotopic (exact) mass is 201 g/mol. The summed E-state index contributed by atoms with van der Waals surface area (Å²) in [4.78, 5) is 12.7. The van der Waals surface area contributed by atoms with Crippen LogP contribution in [0.5, 0.6) is 0 Å². The third kappa shape index (κ3) is 3.64. The molecule has 1 N–H and O–H groups in total. The Kier molecular flexibility index (Phi) is 4.35. The van der Waals surface area contributed by atoms with E-state index in [-0.39, 0.29) is 12.5 Å². The number of ether oxygens (including phenoxy) is 1. The van der Waals surface area contributed by atoms with Gasteiger partial charge in [-0.15, -0.1) is 0 Å². The molecule has 1 atom stereocenters. The van der Waals surface area contributed by atoms with Crippen molar-refractivity contribution in [2.45, 2.75) is 38.8 Å². The van der Waals surface area contributed by atoms with E-state index >= 15 is 0 Å². The van der Waals surface area contributed by atoms with E-state index in [0.29, 0.717) is 12.5 Å². The molecular weight excluding hydrogens is 182 g/mol. The number of carboxylic acids is 1. The molecule has 0 saturated carbocycles. The molecule has 0 radical (unpaired) electrons. The summed E-state index contributed by atoms with van der Waals surface area (Å²) in [5.41, 5.74) is 0. The van der Waals surface area contributed by atoms with Gasteiger partial charge < -0.3 is 9.84 Å². The van der Waals surface area contributed by atoms with E-state index < -0.39 is 5.97 Å². The number of carboxylic acid groups (broad SMARTS) is 1. The van der Waals surface area contributed by atoms with Crippen molar-refractivity contribution in [1.82, 2.24) is 4.90 Å². The molecule has 0 aromatic carbocycles. The van der Waals surface area contributed by atoms with E-state index in [9.17, 15) is 4.79 Å². The van der Waals surface area contributed by atoms with Crippen LogP contribution in [0.3, 0.4) is 0 Å². The number of morpholine rings is 1. The third-order valence-corrected chi connectivity index (χ3v) is 2.58. The van der Waals surface area contributed by atoms with E-state index in [1.807, 2.05) is 0 Å². The van der Waals surface area contributed by atoms with Crippen molar-refractivity contribution in [1.29, 1.82) is 0 Å². The number of carbonyl (C=O) groups is 1. The molecule has 1 heterocycles. The number of aliphatic carboxylic acids is 1. The second-order valence-corrected chi connectivity index (χ2v) is 4.01. The second-order valence-electron chi connectivity index (χ2n) is 4.01. The van der Waals surface area contributed by atoms with Crippen molar-refractivity contribution in [3.8, 4) is 0 Å². The van der Waals surface area contributed by atoms with Gasteiger partial charge in [0.1, 0.15) is 0 Å². The Labute approximate surface area is 84.8 Å². The topological polar surface area (TPSA) is 49.8 Å². The normalized spacial score (nSPS) is 24.1. The molecule has 0 aliphatic carbocycles. The smallest absolute Gasteiger partial charge is 0.303 e. The minimum absolute atomic E-state index is 0.0993. The lowest BCUT2D eigenvalue weighted by Gasteiger charge is -2.35.